The Bertz CT molecular complexity index is 344. The Morgan fingerprint density at radius 2 is 1.44 bits per heavy atom. The molecule has 0 heterocycles. The van der Waals surface area contributed by atoms with Crippen LogP contribution in [0.15, 0.2) is 0 Å². The topological polar surface area (TPSA) is 98.4 Å². The zero-order valence-corrected chi connectivity index (χ0v) is 15.7. The molecule has 0 saturated heterocycles. The summed E-state index contributed by atoms with van der Waals surface area (Å²) in [4.78, 5) is 25.1. The van der Waals surface area contributed by atoms with Gasteiger partial charge >= 0.3 is 0 Å². The number of hydrogen-bond acceptors (Lipinski definition) is 7. The summed E-state index contributed by atoms with van der Waals surface area (Å²) in [6, 6.07) is 0. The molecule has 2 N–H and O–H groups in total. The molecule has 0 rings (SSSR count). The fourth-order valence-corrected chi connectivity index (χ4v) is 1.79. The molecule has 25 heavy (non-hydrogen) atoms. The highest BCUT2D eigenvalue weighted by molar-refractivity contribution is 5.84. The van der Waals surface area contributed by atoms with E-state index in [9.17, 15) is 9.59 Å². The van der Waals surface area contributed by atoms with Crippen LogP contribution in [0, 0.1) is 0 Å². The Balaban J connectivity index is 3.68. The van der Waals surface area contributed by atoms with Crippen molar-refractivity contribution in [3.05, 3.63) is 0 Å². The Kier molecular flexibility index (Phi) is 16.7. The van der Waals surface area contributed by atoms with Crippen molar-refractivity contribution < 1.29 is 28.5 Å². The number of carbonyl (C=O) groups is 2. The Morgan fingerprint density at radius 1 is 0.880 bits per heavy atom. The van der Waals surface area contributed by atoms with Crippen molar-refractivity contribution in [2.75, 3.05) is 87.1 Å². The average molecular weight is 363 g/mol. The van der Waals surface area contributed by atoms with Crippen molar-refractivity contribution in [2.24, 2.45) is 0 Å². The first-order valence-electron chi connectivity index (χ1n) is 8.50. The Labute approximate surface area is 150 Å². The van der Waals surface area contributed by atoms with E-state index in [1.54, 1.807) is 21.2 Å². The van der Waals surface area contributed by atoms with Crippen LogP contribution in [0.4, 0.5) is 0 Å². The van der Waals surface area contributed by atoms with Crippen LogP contribution in [0.5, 0.6) is 0 Å². The minimum absolute atomic E-state index is 0.0587. The second kappa shape index (κ2) is 17.6. The second-order valence-electron chi connectivity index (χ2n) is 5.17. The smallest absolute Gasteiger partial charge is 0.239 e. The fourth-order valence-electron chi connectivity index (χ4n) is 1.79. The van der Waals surface area contributed by atoms with Crippen LogP contribution in [-0.2, 0) is 28.5 Å². The molecule has 0 aliphatic carbocycles. The summed E-state index contributed by atoms with van der Waals surface area (Å²) in [7, 11) is 4.98. The van der Waals surface area contributed by atoms with E-state index < -0.39 is 0 Å². The van der Waals surface area contributed by atoms with Crippen LogP contribution in [0.3, 0.4) is 0 Å². The van der Waals surface area contributed by atoms with Crippen molar-refractivity contribution >= 4 is 11.8 Å². The molecule has 0 bridgehead atoms. The van der Waals surface area contributed by atoms with Gasteiger partial charge in [-0.25, -0.2) is 0 Å². The van der Waals surface area contributed by atoms with Crippen LogP contribution in [0.2, 0.25) is 0 Å². The SMILES string of the molecule is CNCCN(CC(=O)NC)C(=O)CCOCCOCCOCCOC. The van der Waals surface area contributed by atoms with Gasteiger partial charge in [-0.15, -0.1) is 0 Å². The molecule has 0 radical (unpaired) electrons. The van der Waals surface area contributed by atoms with Crippen molar-refractivity contribution in [1.29, 1.82) is 0 Å². The minimum Gasteiger partial charge on any atom is -0.382 e. The van der Waals surface area contributed by atoms with E-state index in [1.165, 1.54) is 4.90 Å². The highest BCUT2D eigenvalue weighted by Gasteiger charge is 2.15. The fraction of sp³-hybridized carbons (Fsp3) is 0.875. The third kappa shape index (κ3) is 14.8. The van der Waals surface area contributed by atoms with Gasteiger partial charge in [0.2, 0.25) is 11.8 Å². The van der Waals surface area contributed by atoms with Gasteiger partial charge in [0.15, 0.2) is 0 Å². The molecular formula is C16H33N3O6. The molecule has 0 aromatic rings. The third-order valence-electron chi connectivity index (χ3n) is 3.23. The second-order valence-corrected chi connectivity index (χ2v) is 5.17. The minimum atomic E-state index is -0.188. The highest BCUT2D eigenvalue weighted by atomic mass is 16.6. The molecule has 0 unspecified atom stereocenters. The number of amides is 2. The molecule has 9 nitrogen and oxygen atoms in total. The average Bonchev–Trinajstić information content (AvgIpc) is 2.62. The first kappa shape index (κ1) is 23.7. The molecule has 2 amide bonds. The molecule has 0 aliphatic heterocycles. The molecule has 9 heteroatoms. The summed E-state index contributed by atoms with van der Waals surface area (Å²) in [5.41, 5.74) is 0. The van der Waals surface area contributed by atoms with E-state index in [1.807, 2.05) is 0 Å². The summed E-state index contributed by atoms with van der Waals surface area (Å²) in [6.07, 6.45) is 0.237. The maximum Gasteiger partial charge on any atom is 0.239 e. The lowest BCUT2D eigenvalue weighted by Crippen LogP contribution is -2.42. The molecular weight excluding hydrogens is 330 g/mol. The first-order valence-corrected chi connectivity index (χ1v) is 8.50. The van der Waals surface area contributed by atoms with Crippen molar-refractivity contribution in [2.45, 2.75) is 6.42 Å². The normalized spacial score (nSPS) is 10.7. The van der Waals surface area contributed by atoms with Gasteiger partial charge in [0.1, 0.15) is 0 Å². The van der Waals surface area contributed by atoms with E-state index >= 15 is 0 Å². The Hall–Kier alpha value is -1.26. The lowest BCUT2D eigenvalue weighted by molar-refractivity contribution is -0.136. The number of rotatable bonds is 17. The van der Waals surface area contributed by atoms with Gasteiger partial charge in [0.25, 0.3) is 0 Å². The number of hydrogen-bond donors (Lipinski definition) is 2. The molecule has 0 spiro atoms. The standard InChI is InChI=1S/C16H33N3O6/c1-17-5-6-19(14-15(20)18-2)16(21)4-7-23-10-11-25-13-12-24-9-8-22-3/h17H,4-14H2,1-3H3,(H,18,20). The van der Waals surface area contributed by atoms with Gasteiger partial charge in [0, 0.05) is 27.2 Å². The number of nitrogens with one attached hydrogen (secondary N) is 2. The van der Waals surface area contributed by atoms with E-state index in [4.69, 9.17) is 18.9 Å². The highest BCUT2D eigenvalue weighted by Crippen LogP contribution is 1.95. The largest absolute Gasteiger partial charge is 0.382 e. The van der Waals surface area contributed by atoms with Crippen LogP contribution < -0.4 is 10.6 Å². The summed E-state index contributed by atoms with van der Waals surface area (Å²) < 4.78 is 20.8. The number of carbonyl (C=O) groups excluding carboxylic acids is 2. The third-order valence-corrected chi connectivity index (χ3v) is 3.23. The summed E-state index contributed by atoms with van der Waals surface area (Å²) >= 11 is 0. The molecule has 0 atom stereocenters. The maximum atomic E-state index is 12.1. The maximum absolute atomic E-state index is 12.1. The molecule has 0 aromatic carbocycles. The zero-order valence-electron chi connectivity index (χ0n) is 15.7. The number of likely N-dealkylation sites (N-methyl/N-ethyl adjacent to an activating group) is 2. The van der Waals surface area contributed by atoms with Gasteiger partial charge in [-0.3, -0.25) is 9.59 Å². The zero-order chi connectivity index (χ0) is 18.8. The number of ether oxygens (including phenoxy) is 4. The van der Waals surface area contributed by atoms with Crippen molar-refractivity contribution in [3.8, 4) is 0 Å². The lowest BCUT2D eigenvalue weighted by Gasteiger charge is -2.21. The molecule has 0 aromatic heterocycles. The van der Waals surface area contributed by atoms with E-state index in [2.05, 4.69) is 10.6 Å². The predicted octanol–water partition coefficient (Wildman–Crippen LogP) is -1.13. The van der Waals surface area contributed by atoms with E-state index in [0.29, 0.717) is 59.3 Å². The molecule has 0 aliphatic rings. The molecule has 0 saturated carbocycles. The van der Waals surface area contributed by atoms with E-state index in [-0.39, 0.29) is 24.8 Å². The van der Waals surface area contributed by atoms with Crippen LogP contribution in [0.1, 0.15) is 6.42 Å². The quantitative estimate of drug-likeness (QED) is 0.316. The van der Waals surface area contributed by atoms with Gasteiger partial charge in [-0.2, -0.15) is 0 Å². The lowest BCUT2D eigenvalue weighted by atomic mass is 10.3. The molecule has 0 fully saturated rings. The predicted molar refractivity (Wildman–Crippen MR) is 93.5 cm³/mol. The summed E-state index contributed by atoms with van der Waals surface area (Å²) in [5, 5.41) is 5.49. The van der Waals surface area contributed by atoms with E-state index in [0.717, 1.165) is 0 Å². The summed E-state index contributed by atoms with van der Waals surface area (Å²) in [5.74, 6) is -0.294. The van der Waals surface area contributed by atoms with Gasteiger partial charge in [-0.1, -0.05) is 0 Å². The van der Waals surface area contributed by atoms with Crippen LogP contribution in [0.25, 0.3) is 0 Å². The number of methoxy groups -OCH3 is 1. The van der Waals surface area contributed by atoms with Crippen molar-refractivity contribution in [3.63, 3.8) is 0 Å². The monoisotopic (exact) mass is 363 g/mol. The van der Waals surface area contributed by atoms with Crippen LogP contribution in [-0.4, -0.2) is 104 Å². The van der Waals surface area contributed by atoms with Gasteiger partial charge < -0.3 is 34.5 Å². The first-order chi connectivity index (χ1) is 12.2. The summed E-state index contributed by atoms with van der Waals surface area (Å²) in [6.45, 7) is 4.47. The van der Waals surface area contributed by atoms with Gasteiger partial charge in [0.05, 0.1) is 59.2 Å². The van der Waals surface area contributed by atoms with Gasteiger partial charge in [-0.05, 0) is 7.05 Å². The van der Waals surface area contributed by atoms with Crippen LogP contribution >= 0.6 is 0 Å². The Morgan fingerprint density at radius 3 is 1.96 bits per heavy atom. The molecule has 148 valence electrons. The van der Waals surface area contributed by atoms with Crippen molar-refractivity contribution in [1.82, 2.24) is 15.5 Å². The number of nitrogens with zero attached hydrogens (tertiary/aromatic N) is 1.